The summed E-state index contributed by atoms with van der Waals surface area (Å²) in [6, 6.07) is 26.4. The van der Waals surface area contributed by atoms with Gasteiger partial charge in [0, 0.05) is 44.1 Å². The molecular weight excluding hydrogens is 292 g/mol. The largest absolute Gasteiger partial charge is 0.378 e. The van der Waals surface area contributed by atoms with Gasteiger partial charge in [-0.2, -0.15) is 0 Å². The minimum atomic E-state index is 0.282. The number of anilines is 3. The number of nitrogens with zero attached hydrogens (tertiary/aromatic N) is 2. The van der Waals surface area contributed by atoms with Crippen molar-refractivity contribution in [2.24, 2.45) is 0 Å². The molecule has 0 saturated heterocycles. The second-order valence-corrected chi connectivity index (χ2v) is 6.60. The molecule has 24 heavy (non-hydrogen) atoms. The van der Waals surface area contributed by atoms with Crippen LogP contribution in [0.3, 0.4) is 0 Å². The molecule has 0 atom stereocenters. The van der Waals surface area contributed by atoms with Gasteiger partial charge >= 0.3 is 0 Å². The van der Waals surface area contributed by atoms with E-state index in [1.807, 2.05) is 0 Å². The molecular formula is C22H22N2. The lowest BCUT2D eigenvalue weighted by molar-refractivity contribution is 0.925. The monoisotopic (exact) mass is 314 g/mol. The first kappa shape index (κ1) is 14.8. The summed E-state index contributed by atoms with van der Waals surface area (Å²) in [6.45, 7) is 0. The van der Waals surface area contributed by atoms with Crippen LogP contribution in [0.15, 0.2) is 72.8 Å². The molecule has 1 aliphatic heterocycles. The summed E-state index contributed by atoms with van der Waals surface area (Å²) in [5.74, 6) is 0.282. The van der Waals surface area contributed by atoms with Crippen LogP contribution >= 0.6 is 0 Å². The highest BCUT2D eigenvalue weighted by atomic mass is 15.1. The van der Waals surface area contributed by atoms with Crippen molar-refractivity contribution in [3.8, 4) is 0 Å². The SMILES string of the molecule is CN(C)c1ccc(C2c3ccccc3N(C)c3ccccc32)cc1. The average Bonchev–Trinajstić information content (AvgIpc) is 2.62. The third-order valence-corrected chi connectivity index (χ3v) is 4.96. The number of hydrogen-bond acceptors (Lipinski definition) is 2. The number of rotatable bonds is 2. The van der Waals surface area contributed by atoms with Crippen molar-refractivity contribution >= 4 is 17.1 Å². The molecule has 3 aromatic rings. The van der Waals surface area contributed by atoms with E-state index in [4.69, 9.17) is 0 Å². The van der Waals surface area contributed by atoms with Crippen molar-refractivity contribution in [3.05, 3.63) is 89.5 Å². The van der Waals surface area contributed by atoms with E-state index >= 15 is 0 Å². The Morgan fingerprint density at radius 2 is 1.21 bits per heavy atom. The minimum absolute atomic E-state index is 0.282. The topological polar surface area (TPSA) is 6.48 Å². The Balaban J connectivity index is 1.90. The summed E-state index contributed by atoms with van der Waals surface area (Å²) in [5, 5.41) is 0. The summed E-state index contributed by atoms with van der Waals surface area (Å²) in [4.78, 5) is 4.44. The Labute approximate surface area is 144 Å². The normalized spacial score (nSPS) is 13.4. The molecule has 0 unspecified atom stereocenters. The van der Waals surface area contributed by atoms with Crippen LogP contribution in [-0.4, -0.2) is 21.1 Å². The van der Waals surface area contributed by atoms with Crippen LogP contribution in [0.25, 0.3) is 0 Å². The standard InChI is InChI=1S/C22H22N2/c1-23(2)17-14-12-16(13-15-17)22-18-8-4-6-10-20(18)24(3)21-11-7-5-9-19(21)22/h4-15,22H,1-3H3. The highest BCUT2D eigenvalue weighted by Crippen LogP contribution is 2.47. The summed E-state index contributed by atoms with van der Waals surface area (Å²) in [5.41, 5.74) is 7.89. The van der Waals surface area contributed by atoms with Gasteiger partial charge in [-0.1, -0.05) is 48.5 Å². The summed E-state index contributed by atoms with van der Waals surface area (Å²) in [7, 11) is 6.31. The van der Waals surface area contributed by atoms with E-state index < -0.39 is 0 Å². The lowest BCUT2D eigenvalue weighted by Gasteiger charge is -2.35. The molecule has 4 rings (SSSR count). The molecule has 120 valence electrons. The van der Waals surface area contributed by atoms with E-state index in [0.29, 0.717) is 0 Å². The first-order valence-corrected chi connectivity index (χ1v) is 8.35. The van der Waals surface area contributed by atoms with Crippen molar-refractivity contribution in [1.82, 2.24) is 0 Å². The van der Waals surface area contributed by atoms with Gasteiger partial charge < -0.3 is 9.80 Å². The van der Waals surface area contributed by atoms with Gasteiger partial charge in [0.1, 0.15) is 0 Å². The Kier molecular flexibility index (Phi) is 3.53. The van der Waals surface area contributed by atoms with Gasteiger partial charge in [0.2, 0.25) is 0 Å². The number of fused-ring (bicyclic) bond motifs is 2. The fourth-order valence-corrected chi connectivity index (χ4v) is 3.70. The predicted molar refractivity (Wildman–Crippen MR) is 103 cm³/mol. The quantitative estimate of drug-likeness (QED) is 0.656. The van der Waals surface area contributed by atoms with Crippen LogP contribution in [0.4, 0.5) is 17.1 Å². The molecule has 0 radical (unpaired) electrons. The first-order chi connectivity index (χ1) is 11.7. The zero-order chi connectivity index (χ0) is 16.7. The molecule has 0 saturated carbocycles. The molecule has 0 N–H and O–H groups in total. The Morgan fingerprint density at radius 1 is 0.708 bits per heavy atom. The zero-order valence-corrected chi connectivity index (χ0v) is 14.4. The minimum Gasteiger partial charge on any atom is -0.378 e. The van der Waals surface area contributed by atoms with Gasteiger partial charge in [0.15, 0.2) is 0 Å². The van der Waals surface area contributed by atoms with Gasteiger partial charge in [-0.05, 0) is 41.0 Å². The van der Waals surface area contributed by atoms with Crippen LogP contribution in [-0.2, 0) is 0 Å². The van der Waals surface area contributed by atoms with Gasteiger partial charge in [-0.15, -0.1) is 0 Å². The third-order valence-electron chi connectivity index (χ3n) is 4.96. The molecule has 1 heterocycles. The number of benzene rings is 3. The maximum atomic E-state index is 2.30. The van der Waals surface area contributed by atoms with Crippen molar-refractivity contribution < 1.29 is 0 Å². The van der Waals surface area contributed by atoms with Crippen molar-refractivity contribution in [2.75, 3.05) is 30.9 Å². The Morgan fingerprint density at radius 3 is 1.71 bits per heavy atom. The van der Waals surface area contributed by atoms with Gasteiger partial charge in [0.25, 0.3) is 0 Å². The summed E-state index contributed by atoms with van der Waals surface area (Å²) in [6.07, 6.45) is 0. The molecule has 0 fully saturated rings. The maximum absolute atomic E-state index is 2.30. The molecule has 0 bridgehead atoms. The highest BCUT2D eigenvalue weighted by Gasteiger charge is 2.29. The number of para-hydroxylation sites is 2. The van der Waals surface area contributed by atoms with Crippen LogP contribution in [0, 0.1) is 0 Å². The van der Waals surface area contributed by atoms with Gasteiger partial charge in [-0.3, -0.25) is 0 Å². The Bertz CT molecular complexity index is 818. The molecule has 2 nitrogen and oxygen atoms in total. The zero-order valence-electron chi connectivity index (χ0n) is 14.4. The van der Waals surface area contributed by atoms with E-state index in [2.05, 4.69) is 104 Å². The predicted octanol–water partition coefficient (Wildman–Crippen LogP) is 5.01. The van der Waals surface area contributed by atoms with Crippen LogP contribution in [0.1, 0.15) is 22.6 Å². The maximum Gasteiger partial charge on any atom is 0.0450 e. The van der Waals surface area contributed by atoms with Gasteiger partial charge in [-0.25, -0.2) is 0 Å². The van der Waals surface area contributed by atoms with Crippen molar-refractivity contribution in [2.45, 2.75) is 5.92 Å². The van der Waals surface area contributed by atoms with E-state index in [1.165, 1.54) is 33.8 Å². The average molecular weight is 314 g/mol. The molecule has 1 aliphatic rings. The second kappa shape index (κ2) is 5.72. The Hall–Kier alpha value is -2.74. The highest BCUT2D eigenvalue weighted by molar-refractivity contribution is 5.77. The van der Waals surface area contributed by atoms with E-state index in [0.717, 1.165) is 0 Å². The first-order valence-electron chi connectivity index (χ1n) is 8.35. The van der Waals surface area contributed by atoms with Crippen molar-refractivity contribution in [1.29, 1.82) is 0 Å². The van der Waals surface area contributed by atoms with Crippen molar-refractivity contribution in [3.63, 3.8) is 0 Å². The summed E-state index contributed by atoms with van der Waals surface area (Å²) >= 11 is 0. The molecule has 0 amide bonds. The fourth-order valence-electron chi connectivity index (χ4n) is 3.70. The molecule has 0 aliphatic carbocycles. The molecule has 3 aromatic carbocycles. The van der Waals surface area contributed by atoms with E-state index in [1.54, 1.807) is 0 Å². The summed E-state index contributed by atoms with van der Waals surface area (Å²) < 4.78 is 0. The van der Waals surface area contributed by atoms with Crippen LogP contribution < -0.4 is 9.80 Å². The van der Waals surface area contributed by atoms with E-state index in [-0.39, 0.29) is 5.92 Å². The molecule has 2 heteroatoms. The van der Waals surface area contributed by atoms with Gasteiger partial charge in [0.05, 0.1) is 0 Å². The number of hydrogen-bond donors (Lipinski definition) is 0. The lowest BCUT2D eigenvalue weighted by Crippen LogP contribution is -2.22. The fraction of sp³-hybridized carbons (Fsp3) is 0.182. The lowest BCUT2D eigenvalue weighted by atomic mass is 9.80. The van der Waals surface area contributed by atoms with Crippen LogP contribution in [0.5, 0.6) is 0 Å². The second-order valence-electron chi connectivity index (χ2n) is 6.60. The third kappa shape index (κ3) is 2.26. The van der Waals surface area contributed by atoms with Crippen LogP contribution in [0.2, 0.25) is 0 Å². The van der Waals surface area contributed by atoms with E-state index in [9.17, 15) is 0 Å². The molecule has 0 spiro atoms. The smallest absolute Gasteiger partial charge is 0.0450 e. The molecule has 0 aromatic heterocycles.